The molecule has 98 valence electrons. The van der Waals surface area contributed by atoms with Gasteiger partial charge in [-0.3, -0.25) is 9.78 Å². The van der Waals surface area contributed by atoms with Crippen molar-refractivity contribution in [3.8, 4) is 0 Å². The van der Waals surface area contributed by atoms with Gasteiger partial charge in [-0.25, -0.2) is 0 Å². The first-order valence-corrected chi connectivity index (χ1v) is 6.51. The Hall–Kier alpha value is -2.39. The van der Waals surface area contributed by atoms with Crippen LogP contribution in [0.5, 0.6) is 0 Å². The topological polar surface area (TPSA) is 45.8 Å². The first-order chi connectivity index (χ1) is 9.74. The van der Waals surface area contributed by atoms with Gasteiger partial charge in [-0.15, -0.1) is 0 Å². The first kappa shape index (κ1) is 12.6. The molecule has 0 unspecified atom stereocenters. The molecule has 0 saturated carbocycles. The standard InChI is InChI=1S/C16H11ClN2O/c17-12-4-5-13-14(10-19-15(13)8-12)16(20)6-3-11-2-1-7-18-9-11/h1-10,19H/b6-3+. The lowest BCUT2D eigenvalue weighted by molar-refractivity contribution is 0.104. The van der Waals surface area contributed by atoms with Crippen LogP contribution in [-0.2, 0) is 0 Å². The van der Waals surface area contributed by atoms with Crippen molar-refractivity contribution in [2.45, 2.75) is 0 Å². The number of allylic oxidation sites excluding steroid dienone is 1. The molecule has 0 atom stereocenters. The number of hydrogen-bond acceptors (Lipinski definition) is 2. The van der Waals surface area contributed by atoms with Crippen molar-refractivity contribution in [1.29, 1.82) is 0 Å². The molecule has 3 rings (SSSR count). The Morgan fingerprint density at radius 2 is 2.20 bits per heavy atom. The van der Waals surface area contributed by atoms with Crippen molar-refractivity contribution < 1.29 is 4.79 Å². The van der Waals surface area contributed by atoms with Crippen LogP contribution in [0.3, 0.4) is 0 Å². The maximum absolute atomic E-state index is 12.2. The smallest absolute Gasteiger partial charge is 0.188 e. The minimum atomic E-state index is -0.0533. The van der Waals surface area contributed by atoms with E-state index in [2.05, 4.69) is 9.97 Å². The minimum absolute atomic E-state index is 0.0533. The second-order valence-electron chi connectivity index (χ2n) is 4.38. The fourth-order valence-electron chi connectivity index (χ4n) is 2.04. The number of hydrogen-bond donors (Lipinski definition) is 1. The molecule has 0 radical (unpaired) electrons. The Balaban J connectivity index is 1.91. The second-order valence-corrected chi connectivity index (χ2v) is 4.81. The lowest BCUT2D eigenvalue weighted by atomic mass is 10.1. The van der Waals surface area contributed by atoms with Crippen molar-refractivity contribution in [3.05, 3.63) is 71.1 Å². The molecule has 0 spiro atoms. The maximum Gasteiger partial charge on any atom is 0.188 e. The molecule has 0 aliphatic carbocycles. The van der Waals surface area contributed by atoms with Crippen LogP contribution >= 0.6 is 11.6 Å². The van der Waals surface area contributed by atoms with Crippen LogP contribution in [0.2, 0.25) is 5.02 Å². The molecule has 3 nitrogen and oxygen atoms in total. The quantitative estimate of drug-likeness (QED) is 0.580. The van der Waals surface area contributed by atoms with Gasteiger partial charge >= 0.3 is 0 Å². The van der Waals surface area contributed by atoms with E-state index in [9.17, 15) is 4.79 Å². The molecule has 0 aliphatic heterocycles. The average Bonchev–Trinajstić information content (AvgIpc) is 2.89. The SMILES string of the molecule is O=C(/C=C/c1cccnc1)c1c[nH]c2cc(Cl)ccc12. The van der Waals surface area contributed by atoms with Crippen LogP contribution in [-0.4, -0.2) is 15.8 Å². The van der Waals surface area contributed by atoms with E-state index < -0.39 is 0 Å². The zero-order chi connectivity index (χ0) is 13.9. The molecule has 3 aromatic rings. The number of nitrogens with zero attached hydrogens (tertiary/aromatic N) is 1. The van der Waals surface area contributed by atoms with Crippen molar-refractivity contribution in [3.63, 3.8) is 0 Å². The lowest BCUT2D eigenvalue weighted by Crippen LogP contribution is -1.92. The highest BCUT2D eigenvalue weighted by molar-refractivity contribution is 6.31. The van der Waals surface area contributed by atoms with Gasteiger partial charge in [0.1, 0.15) is 0 Å². The summed E-state index contributed by atoms with van der Waals surface area (Å²) in [6.07, 6.45) is 8.41. The molecule has 1 aromatic carbocycles. The van der Waals surface area contributed by atoms with Crippen LogP contribution in [0.1, 0.15) is 15.9 Å². The van der Waals surface area contributed by atoms with E-state index in [4.69, 9.17) is 11.6 Å². The highest BCUT2D eigenvalue weighted by Gasteiger charge is 2.09. The van der Waals surface area contributed by atoms with Crippen LogP contribution < -0.4 is 0 Å². The van der Waals surface area contributed by atoms with E-state index in [-0.39, 0.29) is 5.78 Å². The van der Waals surface area contributed by atoms with Crippen molar-refractivity contribution >= 4 is 34.4 Å². The average molecular weight is 283 g/mol. The number of carbonyl (C=O) groups is 1. The van der Waals surface area contributed by atoms with Crippen molar-refractivity contribution in [2.75, 3.05) is 0 Å². The van der Waals surface area contributed by atoms with Crippen molar-refractivity contribution in [1.82, 2.24) is 9.97 Å². The predicted molar refractivity (Wildman–Crippen MR) is 80.9 cm³/mol. The number of fused-ring (bicyclic) bond motifs is 1. The molecule has 0 aliphatic rings. The number of halogens is 1. The number of rotatable bonds is 3. The normalized spacial score (nSPS) is 11.2. The van der Waals surface area contributed by atoms with Gasteiger partial charge in [-0.1, -0.05) is 23.7 Å². The van der Waals surface area contributed by atoms with Crippen LogP contribution in [0.25, 0.3) is 17.0 Å². The third kappa shape index (κ3) is 2.49. The summed E-state index contributed by atoms with van der Waals surface area (Å²) in [6.45, 7) is 0. The lowest BCUT2D eigenvalue weighted by Gasteiger charge is -1.95. The number of ketones is 1. The van der Waals surface area contributed by atoms with Crippen LogP contribution in [0, 0.1) is 0 Å². The number of benzene rings is 1. The van der Waals surface area contributed by atoms with Gasteiger partial charge in [0.15, 0.2) is 5.78 Å². The fourth-order valence-corrected chi connectivity index (χ4v) is 2.21. The molecular formula is C16H11ClN2O. The minimum Gasteiger partial charge on any atom is -0.360 e. The van der Waals surface area contributed by atoms with Gasteiger partial charge in [0.2, 0.25) is 0 Å². The van der Waals surface area contributed by atoms with E-state index in [1.54, 1.807) is 42.9 Å². The zero-order valence-corrected chi connectivity index (χ0v) is 11.3. The molecular weight excluding hydrogens is 272 g/mol. The Morgan fingerprint density at radius 3 is 3.00 bits per heavy atom. The Kier molecular flexibility index (Phi) is 3.35. The third-order valence-corrected chi connectivity index (χ3v) is 3.26. The van der Waals surface area contributed by atoms with Gasteiger partial charge < -0.3 is 4.98 Å². The predicted octanol–water partition coefficient (Wildman–Crippen LogP) is 4.11. The molecule has 2 aromatic heterocycles. The monoisotopic (exact) mass is 282 g/mol. The van der Waals surface area contributed by atoms with Gasteiger partial charge in [0.05, 0.1) is 0 Å². The Morgan fingerprint density at radius 1 is 1.30 bits per heavy atom. The van der Waals surface area contributed by atoms with Gasteiger partial charge in [-0.05, 0) is 35.9 Å². The van der Waals surface area contributed by atoms with Gasteiger partial charge in [0.25, 0.3) is 0 Å². The van der Waals surface area contributed by atoms with E-state index in [0.29, 0.717) is 10.6 Å². The molecule has 0 fully saturated rings. The zero-order valence-electron chi connectivity index (χ0n) is 10.5. The number of aromatic amines is 1. The number of carbonyl (C=O) groups excluding carboxylic acids is 1. The highest BCUT2D eigenvalue weighted by Crippen LogP contribution is 2.22. The van der Waals surface area contributed by atoms with Crippen LogP contribution in [0.4, 0.5) is 0 Å². The number of aromatic nitrogens is 2. The summed E-state index contributed by atoms with van der Waals surface area (Å²) in [5, 5.41) is 1.51. The number of pyridine rings is 1. The maximum atomic E-state index is 12.2. The number of H-pyrrole nitrogens is 1. The summed E-state index contributed by atoms with van der Waals surface area (Å²) in [4.78, 5) is 19.3. The first-order valence-electron chi connectivity index (χ1n) is 6.13. The third-order valence-electron chi connectivity index (χ3n) is 3.02. The molecule has 20 heavy (non-hydrogen) atoms. The van der Waals surface area contributed by atoms with E-state index in [1.165, 1.54) is 0 Å². The Labute approximate surface area is 120 Å². The van der Waals surface area contributed by atoms with Crippen molar-refractivity contribution in [2.24, 2.45) is 0 Å². The summed E-state index contributed by atoms with van der Waals surface area (Å²) < 4.78 is 0. The summed E-state index contributed by atoms with van der Waals surface area (Å²) in [6, 6.07) is 9.15. The largest absolute Gasteiger partial charge is 0.360 e. The van der Waals surface area contributed by atoms with Gasteiger partial charge in [-0.2, -0.15) is 0 Å². The van der Waals surface area contributed by atoms with E-state index in [1.807, 2.05) is 18.2 Å². The van der Waals surface area contributed by atoms with Crippen LogP contribution in [0.15, 0.2) is 55.0 Å². The molecule has 0 amide bonds. The number of nitrogens with one attached hydrogen (secondary N) is 1. The van der Waals surface area contributed by atoms with Gasteiger partial charge in [0, 0.05) is 40.1 Å². The van der Waals surface area contributed by atoms with E-state index >= 15 is 0 Å². The summed E-state index contributed by atoms with van der Waals surface area (Å²) in [5.74, 6) is -0.0533. The van der Waals surface area contributed by atoms with E-state index in [0.717, 1.165) is 16.5 Å². The Bertz CT molecular complexity index is 791. The molecule has 0 bridgehead atoms. The fraction of sp³-hybridized carbons (Fsp3) is 0. The molecule has 0 saturated heterocycles. The highest BCUT2D eigenvalue weighted by atomic mass is 35.5. The molecule has 2 heterocycles. The summed E-state index contributed by atoms with van der Waals surface area (Å²) >= 11 is 5.92. The molecule has 4 heteroatoms. The molecule has 1 N–H and O–H groups in total. The summed E-state index contributed by atoms with van der Waals surface area (Å²) in [7, 11) is 0. The second kappa shape index (κ2) is 5.31. The summed E-state index contributed by atoms with van der Waals surface area (Å²) in [5.41, 5.74) is 2.39.